The summed E-state index contributed by atoms with van der Waals surface area (Å²) in [6.07, 6.45) is 2.04. The van der Waals surface area contributed by atoms with Crippen LogP contribution in [-0.4, -0.2) is 34.6 Å². The summed E-state index contributed by atoms with van der Waals surface area (Å²) in [4.78, 5) is 27.6. The first-order valence-corrected chi connectivity index (χ1v) is 6.18. The molecular formula is C12H18N4O3. The van der Waals surface area contributed by atoms with Crippen LogP contribution in [0.1, 0.15) is 42.1 Å². The van der Waals surface area contributed by atoms with Crippen molar-refractivity contribution in [2.75, 3.05) is 12.8 Å². The van der Waals surface area contributed by atoms with Crippen molar-refractivity contribution < 1.29 is 14.3 Å². The number of carbonyl (C=O) groups excluding carboxylic acids is 2. The Hall–Kier alpha value is -2.05. The fourth-order valence-corrected chi connectivity index (χ4v) is 1.96. The molecular weight excluding hydrogens is 248 g/mol. The van der Waals surface area contributed by atoms with E-state index in [0.717, 1.165) is 12.8 Å². The number of hydrogen-bond donors (Lipinski definition) is 2. The molecule has 1 saturated carbocycles. The summed E-state index contributed by atoms with van der Waals surface area (Å²) >= 11 is 0. The third-order valence-electron chi connectivity index (χ3n) is 3.19. The molecule has 3 N–H and O–H groups in total. The largest absolute Gasteiger partial charge is 0.464 e. The molecule has 1 aromatic heterocycles. The smallest absolute Gasteiger partial charge is 0.360 e. The van der Waals surface area contributed by atoms with E-state index in [2.05, 4.69) is 15.0 Å². The fourth-order valence-electron chi connectivity index (χ4n) is 1.96. The van der Waals surface area contributed by atoms with E-state index < -0.39 is 12.0 Å². The van der Waals surface area contributed by atoms with Gasteiger partial charge in [0.05, 0.1) is 7.11 Å². The second-order valence-corrected chi connectivity index (χ2v) is 4.71. The second-order valence-electron chi connectivity index (χ2n) is 4.71. The van der Waals surface area contributed by atoms with Crippen LogP contribution in [0.15, 0.2) is 0 Å². The Morgan fingerprint density at radius 3 is 2.68 bits per heavy atom. The molecule has 1 aliphatic rings. The Morgan fingerprint density at radius 1 is 1.53 bits per heavy atom. The van der Waals surface area contributed by atoms with Gasteiger partial charge in [-0.15, -0.1) is 0 Å². The molecule has 2 rings (SSSR count). The predicted octanol–water partition coefficient (Wildman–Crippen LogP) is 0.400. The molecule has 1 unspecified atom stereocenters. The number of nitrogens with zero attached hydrogens (tertiary/aromatic N) is 2. The maximum Gasteiger partial charge on any atom is 0.360 e. The SMILES string of the molecule is COC(=O)c1nc(C)n(C(C)C(=O)NC2CC2)c1N. The number of esters is 1. The number of carbonyl (C=O) groups is 2. The lowest BCUT2D eigenvalue weighted by atomic mass is 10.3. The molecule has 19 heavy (non-hydrogen) atoms. The zero-order valence-corrected chi connectivity index (χ0v) is 11.3. The number of nitrogen functional groups attached to an aromatic ring is 1. The molecule has 1 aliphatic carbocycles. The van der Waals surface area contributed by atoms with Crippen molar-refractivity contribution in [1.29, 1.82) is 0 Å². The van der Waals surface area contributed by atoms with Gasteiger partial charge in [-0.1, -0.05) is 0 Å². The second kappa shape index (κ2) is 4.91. The molecule has 0 radical (unpaired) electrons. The van der Waals surface area contributed by atoms with Gasteiger partial charge in [0.15, 0.2) is 5.69 Å². The van der Waals surface area contributed by atoms with Crippen LogP contribution in [0.2, 0.25) is 0 Å². The van der Waals surface area contributed by atoms with Crippen molar-refractivity contribution in [3.63, 3.8) is 0 Å². The van der Waals surface area contributed by atoms with Gasteiger partial charge in [-0.2, -0.15) is 0 Å². The van der Waals surface area contributed by atoms with Gasteiger partial charge in [0.25, 0.3) is 0 Å². The van der Waals surface area contributed by atoms with E-state index >= 15 is 0 Å². The zero-order valence-electron chi connectivity index (χ0n) is 11.3. The Bertz CT molecular complexity index is 519. The van der Waals surface area contributed by atoms with E-state index in [-0.39, 0.29) is 23.5 Å². The molecule has 0 aliphatic heterocycles. The number of anilines is 1. The van der Waals surface area contributed by atoms with Crippen molar-refractivity contribution in [3.8, 4) is 0 Å². The molecule has 1 fully saturated rings. The molecule has 1 aromatic rings. The van der Waals surface area contributed by atoms with Gasteiger partial charge in [0, 0.05) is 6.04 Å². The van der Waals surface area contributed by atoms with Crippen molar-refractivity contribution in [2.24, 2.45) is 0 Å². The van der Waals surface area contributed by atoms with Crippen LogP contribution in [0.3, 0.4) is 0 Å². The van der Waals surface area contributed by atoms with Crippen LogP contribution >= 0.6 is 0 Å². The molecule has 7 heteroatoms. The number of methoxy groups -OCH3 is 1. The standard InChI is InChI=1S/C12H18N4O3/c1-6(11(17)15-8-4-5-8)16-7(2)14-9(10(16)13)12(18)19-3/h6,8H,4-5,13H2,1-3H3,(H,15,17). The lowest BCUT2D eigenvalue weighted by Gasteiger charge is -2.16. The number of aromatic nitrogens is 2. The number of imidazole rings is 1. The van der Waals surface area contributed by atoms with E-state index in [1.807, 2.05) is 0 Å². The first-order chi connectivity index (χ1) is 8.95. The van der Waals surface area contributed by atoms with Crippen LogP contribution < -0.4 is 11.1 Å². The van der Waals surface area contributed by atoms with Gasteiger partial charge in [-0.3, -0.25) is 4.79 Å². The maximum absolute atomic E-state index is 12.0. The number of amides is 1. The van der Waals surface area contributed by atoms with Gasteiger partial charge < -0.3 is 20.4 Å². The molecule has 0 aromatic carbocycles. The summed E-state index contributed by atoms with van der Waals surface area (Å²) in [5.41, 5.74) is 5.93. The molecule has 104 valence electrons. The lowest BCUT2D eigenvalue weighted by molar-refractivity contribution is -0.124. The van der Waals surface area contributed by atoms with E-state index in [1.54, 1.807) is 18.4 Å². The molecule has 1 heterocycles. The Morgan fingerprint density at radius 2 is 2.16 bits per heavy atom. The molecule has 0 saturated heterocycles. The number of ether oxygens (including phenoxy) is 1. The summed E-state index contributed by atoms with van der Waals surface area (Å²) < 4.78 is 6.15. The zero-order chi connectivity index (χ0) is 14.2. The summed E-state index contributed by atoms with van der Waals surface area (Å²) in [7, 11) is 1.26. The fraction of sp³-hybridized carbons (Fsp3) is 0.583. The Labute approximate surface area is 111 Å². The summed E-state index contributed by atoms with van der Waals surface area (Å²) in [6, 6.07) is -0.230. The van der Waals surface area contributed by atoms with Gasteiger partial charge in [-0.05, 0) is 26.7 Å². The number of aryl methyl sites for hydroxylation is 1. The highest BCUT2D eigenvalue weighted by molar-refractivity contribution is 5.93. The minimum absolute atomic E-state index is 0.0473. The first kappa shape index (κ1) is 13.4. The van der Waals surface area contributed by atoms with Gasteiger partial charge >= 0.3 is 5.97 Å². The monoisotopic (exact) mass is 266 g/mol. The van der Waals surface area contributed by atoms with Crippen molar-refractivity contribution in [3.05, 3.63) is 11.5 Å². The topological polar surface area (TPSA) is 99.2 Å². The van der Waals surface area contributed by atoms with Gasteiger partial charge in [-0.25, -0.2) is 9.78 Å². The van der Waals surface area contributed by atoms with E-state index in [0.29, 0.717) is 5.82 Å². The van der Waals surface area contributed by atoms with Gasteiger partial charge in [0.1, 0.15) is 17.7 Å². The van der Waals surface area contributed by atoms with Crippen molar-refractivity contribution >= 4 is 17.7 Å². The highest BCUT2D eigenvalue weighted by atomic mass is 16.5. The number of nitrogens with two attached hydrogens (primary N) is 1. The maximum atomic E-state index is 12.0. The number of rotatable bonds is 4. The molecule has 1 amide bonds. The number of hydrogen-bond acceptors (Lipinski definition) is 5. The molecule has 0 spiro atoms. The first-order valence-electron chi connectivity index (χ1n) is 6.18. The number of nitrogens with one attached hydrogen (secondary N) is 1. The normalized spacial score (nSPS) is 15.9. The van der Waals surface area contributed by atoms with Crippen LogP contribution in [0, 0.1) is 6.92 Å². The van der Waals surface area contributed by atoms with Crippen LogP contribution in [-0.2, 0) is 9.53 Å². The highest BCUT2D eigenvalue weighted by Crippen LogP contribution is 2.23. The third-order valence-corrected chi connectivity index (χ3v) is 3.19. The lowest BCUT2D eigenvalue weighted by Crippen LogP contribution is -2.33. The average Bonchev–Trinajstić information content (AvgIpc) is 3.13. The Balaban J connectivity index is 2.25. The minimum atomic E-state index is -0.603. The summed E-state index contributed by atoms with van der Waals surface area (Å²) in [5, 5.41) is 2.90. The van der Waals surface area contributed by atoms with Gasteiger partial charge in [0.2, 0.25) is 5.91 Å². The average molecular weight is 266 g/mol. The summed E-state index contributed by atoms with van der Waals surface area (Å²) in [5.74, 6) is -0.0561. The molecule has 0 bridgehead atoms. The van der Waals surface area contributed by atoms with Crippen molar-refractivity contribution in [2.45, 2.75) is 38.8 Å². The van der Waals surface area contributed by atoms with E-state index in [4.69, 9.17) is 5.73 Å². The minimum Gasteiger partial charge on any atom is -0.464 e. The Kier molecular flexibility index (Phi) is 3.46. The van der Waals surface area contributed by atoms with Crippen LogP contribution in [0.4, 0.5) is 5.82 Å². The third kappa shape index (κ3) is 2.54. The predicted molar refractivity (Wildman–Crippen MR) is 68.6 cm³/mol. The van der Waals surface area contributed by atoms with Crippen molar-refractivity contribution in [1.82, 2.24) is 14.9 Å². The van der Waals surface area contributed by atoms with Crippen LogP contribution in [0.25, 0.3) is 0 Å². The molecule has 1 atom stereocenters. The quantitative estimate of drug-likeness (QED) is 0.768. The van der Waals surface area contributed by atoms with Crippen LogP contribution in [0.5, 0.6) is 0 Å². The van der Waals surface area contributed by atoms with E-state index in [1.165, 1.54) is 7.11 Å². The molecule has 7 nitrogen and oxygen atoms in total. The highest BCUT2D eigenvalue weighted by Gasteiger charge is 2.29. The summed E-state index contributed by atoms with van der Waals surface area (Å²) in [6.45, 7) is 3.42. The van der Waals surface area contributed by atoms with E-state index in [9.17, 15) is 9.59 Å².